The minimum absolute atomic E-state index is 1.10. The van der Waals surface area contributed by atoms with E-state index in [2.05, 4.69) is 34.7 Å². The van der Waals surface area contributed by atoms with Crippen molar-refractivity contribution in [3.05, 3.63) is 28.7 Å². The maximum Gasteiger partial charge on any atom is 0.0424 e. The fraction of sp³-hybridized carbons (Fsp3) is 0. The highest BCUT2D eigenvalue weighted by atomic mass is 79.9. The Morgan fingerprint density at radius 1 is 1.10 bits per heavy atom. The van der Waals surface area contributed by atoms with E-state index in [0.717, 1.165) is 10.2 Å². The molecule has 0 aliphatic carbocycles. The standard InChI is InChI=1S/C6H8BrNP2/c7-5-1-3-6(4-2-5)8(9)10/h1-4H,9-10H2. The molecule has 0 aliphatic rings. The molecule has 0 radical (unpaired) electrons. The second-order valence-corrected chi connectivity index (χ2v) is 4.51. The van der Waals surface area contributed by atoms with Crippen LogP contribution in [0.1, 0.15) is 0 Å². The van der Waals surface area contributed by atoms with E-state index in [4.69, 9.17) is 0 Å². The van der Waals surface area contributed by atoms with E-state index in [1.54, 1.807) is 0 Å². The number of nitrogens with zero attached hydrogens (tertiary/aromatic N) is 1. The highest BCUT2D eigenvalue weighted by molar-refractivity contribution is 9.10. The lowest BCUT2D eigenvalue weighted by atomic mass is 10.3. The Kier molecular flexibility index (Phi) is 3.10. The van der Waals surface area contributed by atoms with Gasteiger partial charge >= 0.3 is 0 Å². The molecule has 0 heterocycles. The summed E-state index contributed by atoms with van der Waals surface area (Å²) in [6.07, 6.45) is 0. The normalized spacial score (nSPS) is 9.50. The van der Waals surface area contributed by atoms with Crippen molar-refractivity contribution in [2.24, 2.45) is 0 Å². The topological polar surface area (TPSA) is 3.24 Å². The minimum Gasteiger partial charge on any atom is -0.341 e. The third-order valence-corrected chi connectivity index (χ3v) is 2.25. The van der Waals surface area contributed by atoms with Crippen LogP contribution < -0.4 is 4.44 Å². The molecule has 2 atom stereocenters. The summed E-state index contributed by atoms with van der Waals surface area (Å²) in [7, 11) is 5.14. The van der Waals surface area contributed by atoms with Gasteiger partial charge in [-0.25, -0.2) is 0 Å². The lowest BCUT2D eigenvalue weighted by Crippen LogP contribution is -1.87. The summed E-state index contributed by atoms with van der Waals surface area (Å²) < 4.78 is 3.01. The van der Waals surface area contributed by atoms with Crippen LogP contribution in [-0.4, -0.2) is 0 Å². The van der Waals surface area contributed by atoms with Crippen LogP contribution in [0.3, 0.4) is 0 Å². The fourth-order valence-corrected chi connectivity index (χ4v) is 1.22. The highest BCUT2D eigenvalue weighted by Crippen LogP contribution is 2.23. The van der Waals surface area contributed by atoms with Crippen molar-refractivity contribution in [3.63, 3.8) is 0 Å². The Bertz CT molecular complexity index is 209. The lowest BCUT2D eigenvalue weighted by Gasteiger charge is -2.10. The van der Waals surface area contributed by atoms with Crippen molar-refractivity contribution in [3.8, 4) is 0 Å². The summed E-state index contributed by atoms with van der Waals surface area (Å²) in [6, 6.07) is 8.08. The molecule has 0 fully saturated rings. The van der Waals surface area contributed by atoms with Gasteiger partial charge in [0.2, 0.25) is 0 Å². The van der Waals surface area contributed by atoms with Crippen molar-refractivity contribution in [1.29, 1.82) is 0 Å². The first-order valence-corrected chi connectivity index (χ1v) is 4.58. The first-order chi connectivity index (χ1) is 4.70. The zero-order chi connectivity index (χ0) is 7.56. The van der Waals surface area contributed by atoms with Gasteiger partial charge in [-0.05, 0) is 43.0 Å². The van der Waals surface area contributed by atoms with Crippen LogP contribution in [0.25, 0.3) is 0 Å². The Morgan fingerprint density at radius 3 is 2.00 bits per heavy atom. The quantitative estimate of drug-likeness (QED) is 0.677. The van der Waals surface area contributed by atoms with E-state index in [1.807, 2.05) is 28.7 Å². The van der Waals surface area contributed by atoms with Crippen LogP contribution in [-0.2, 0) is 0 Å². The highest BCUT2D eigenvalue weighted by Gasteiger charge is 1.91. The van der Waals surface area contributed by atoms with E-state index in [0.29, 0.717) is 0 Å². The van der Waals surface area contributed by atoms with Gasteiger partial charge in [0.05, 0.1) is 0 Å². The predicted molar refractivity (Wildman–Crippen MR) is 56.0 cm³/mol. The summed E-state index contributed by atoms with van der Waals surface area (Å²) in [5.41, 5.74) is 1.15. The van der Waals surface area contributed by atoms with Crippen molar-refractivity contribution in [2.45, 2.75) is 0 Å². The second-order valence-electron chi connectivity index (χ2n) is 1.88. The average molecular weight is 236 g/mol. The third kappa shape index (κ3) is 2.20. The van der Waals surface area contributed by atoms with Crippen LogP contribution in [0.2, 0.25) is 0 Å². The van der Waals surface area contributed by atoms with Gasteiger partial charge < -0.3 is 4.44 Å². The van der Waals surface area contributed by atoms with Crippen molar-refractivity contribution < 1.29 is 0 Å². The van der Waals surface area contributed by atoms with E-state index in [-0.39, 0.29) is 0 Å². The maximum absolute atomic E-state index is 3.36. The van der Waals surface area contributed by atoms with Gasteiger partial charge in [0.25, 0.3) is 0 Å². The average Bonchev–Trinajstić information content (AvgIpc) is 1.88. The monoisotopic (exact) mass is 235 g/mol. The first kappa shape index (κ1) is 8.46. The molecule has 4 heteroatoms. The molecule has 54 valence electrons. The van der Waals surface area contributed by atoms with Crippen LogP contribution >= 0.6 is 34.7 Å². The molecule has 0 spiro atoms. The number of hydrogen-bond acceptors (Lipinski definition) is 1. The summed E-state index contributed by atoms with van der Waals surface area (Å²) in [4.78, 5) is 0. The molecule has 0 aliphatic heterocycles. The molecule has 1 aromatic rings. The van der Waals surface area contributed by atoms with Gasteiger partial charge in [-0.3, -0.25) is 0 Å². The number of benzene rings is 1. The third-order valence-electron chi connectivity index (χ3n) is 1.12. The zero-order valence-corrected chi connectivity index (χ0v) is 9.18. The Morgan fingerprint density at radius 2 is 1.60 bits per heavy atom. The predicted octanol–water partition coefficient (Wildman–Crippen LogP) is 2.84. The number of hydrogen-bond donors (Lipinski definition) is 0. The Hall–Kier alpha value is 0.360. The minimum atomic E-state index is 1.10. The zero-order valence-electron chi connectivity index (χ0n) is 5.29. The number of anilines is 1. The molecule has 0 bridgehead atoms. The smallest absolute Gasteiger partial charge is 0.0424 e. The lowest BCUT2D eigenvalue weighted by molar-refractivity contribution is 1.58. The molecule has 0 saturated carbocycles. The molecule has 0 saturated heterocycles. The molecule has 0 aromatic heterocycles. The van der Waals surface area contributed by atoms with Crippen molar-refractivity contribution in [2.75, 3.05) is 4.44 Å². The second kappa shape index (κ2) is 3.67. The van der Waals surface area contributed by atoms with Crippen molar-refractivity contribution in [1.82, 2.24) is 0 Å². The molecule has 1 aromatic carbocycles. The summed E-state index contributed by atoms with van der Waals surface area (Å²) in [6.45, 7) is 0. The largest absolute Gasteiger partial charge is 0.341 e. The molecular formula is C6H8BrNP2. The van der Waals surface area contributed by atoms with E-state index in [9.17, 15) is 0 Å². The summed E-state index contributed by atoms with van der Waals surface area (Å²) in [5.74, 6) is 0. The molecule has 2 unspecified atom stereocenters. The van der Waals surface area contributed by atoms with Crippen LogP contribution in [0.15, 0.2) is 28.7 Å². The molecule has 10 heavy (non-hydrogen) atoms. The Labute approximate surface area is 73.8 Å². The van der Waals surface area contributed by atoms with E-state index in [1.165, 1.54) is 0 Å². The molecule has 0 amide bonds. The fourth-order valence-electron chi connectivity index (χ4n) is 0.613. The van der Waals surface area contributed by atoms with Gasteiger partial charge in [-0.2, -0.15) is 0 Å². The van der Waals surface area contributed by atoms with Gasteiger partial charge in [-0.1, -0.05) is 15.9 Å². The van der Waals surface area contributed by atoms with Gasteiger partial charge in [-0.15, -0.1) is 0 Å². The van der Waals surface area contributed by atoms with Crippen LogP contribution in [0, 0.1) is 0 Å². The van der Waals surface area contributed by atoms with Gasteiger partial charge in [0.15, 0.2) is 0 Å². The molecule has 1 nitrogen and oxygen atoms in total. The van der Waals surface area contributed by atoms with E-state index < -0.39 is 0 Å². The maximum atomic E-state index is 3.36. The number of rotatable bonds is 1. The van der Waals surface area contributed by atoms with Crippen LogP contribution in [0.5, 0.6) is 0 Å². The SMILES string of the molecule is PN(P)c1ccc(Br)cc1. The van der Waals surface area contributed by atoms with Crippen molar-refractivity contribution >= 4 is 40.4 Å². The first-order valence-electron chi connectivity index (χ1n) is 2.75. The molecule has 1 rings (SSSR count). The van der Waals surface area contributed by atoms with Crippen LogP contribution in [0.4, 0.5) is 5.69 Å². The van der Waals surface area contributed by atoms with Gasteiger partial charge in [0.1, 0.15) is 0 Å². The van der Waals surface area contributed by atoms with Gasteiger partial charge in [0, 0.05) is 10.2 Å². The summed E-state index contributed by atoms with van der Waals surface area (Å²) in [5, 5.41) is 0. The molecular weight excluding hydrogens is 228 g/mol. The summed E-state index contributed by atoms with van der Waals surface area (Å²) >= 11 is 3.36. The number of halogens is 1. The van der Waals surface area contributed by atoms with E-state index >= 15 is 0 Å². The molecule has 0 N–H and O–H groups in total. The Balaban J connectivity index is 2.89.